The molecule has 0 radical (unpaired) electrons. The molecular weight excluding hydrogens is 486 g/mol. The Balaban J connectivity index is 1.79. The van der Waals surface area contributed by atoms with E-state index in [1.165, 1.54) is 0 Å². The molecule has 1 unspecified atom stereocenters. The number of carbonyl (C=O) groups is 2. The maximum absolute atomic E-state index is 12.9. The van der Waals surface area contributed by atoms with Gasteiger partial charge in [0.05, 0.1) is 6.54 Å². The Morgan fingerprint density at radius 3 is 2.55 bits per heavy atom. The molecule has 1 aliphatic heterocycles. The van der Waals surface area contributed by atoms with Gasteiger partial charge in [0.25, 0.3) is 0 Å². The van der Waals surface area contributed by atoms with E-state index in [0.717, 1.165) is 10.0 Å². The Kier molecular flexibility index (Phi) is 7.88. The van der Waals surface area contributed by atoms with Gasteiger partial charge in [-0.1, -0.05) is 58.1 Å². The highest BCUT2D eigenvalue weighted by Gasteiger charge is 2.34. The zero-order valence-electron chi connectivity index (χ0n) is 19.0. The molecular formula is C25H28BrN3O4. The number of piperazine rings is 1. The Labute approximate surface area is 203 Å². The van der Waals surface area contributed by atoms with Gasteiger partial charge in [-0.15, -0.1) is 0 Å². The van der Waals surface area contributed by atoms with E-state index in [4.69, 9.17) is 15.2 Å². The smallest absolute Gasteiger partial charge is 0.411 e. The van der Waals surface area contributed by atoms with Crippen molar-refractivity contribution in [1.29, 1.82) is 0 Å². The number of halogens is 1. The average molecular weight is 514 g/mol. The molecule has 0 saturated carbocycles. The van der Waals surface area contributed by atoms with E-state index in [1.807, 2.05) is 63.2 Å². The van der Waals surface area contributed by atoms with E-state index < -0.39 is 23.8 Å². The van der Waals surface area contributed by atoms with Crippen LogP contribution < -0.4 is 5.73 Å². The highest BCUT2D eigenvalue weighted by molar-refractivity contribution is 9.10. The fourth-order valence-corrected chi connectivity index (χ4v) is 3.58. The number of nitrogens with two attached hydrogens (primary N) is 1. The van der Waals surface area contributed by atoms with Gasteiger partial charge in [0, 0.05) is 28.8 Å². The van der Waals surface area contributed by atoms with Crippen LogP contribution in [0.25, 0.3) is 0 Å². The molecule has 2 aromatic rings. The molecule has 174 valence electrons. The SMILES string of the molecule is CC(C)(C)OC(=O)N1CCN(C(=O)OCc2ccccc2)C(C#Cc2cc(Br)ccc2N)C1. The number of nitrogen functional groups attached to an aromatic ring is 1. The van der Waals surface area contributed by atoms with Crippen molar-refractivity contribution >= 4 is 33.8 Å². The van der Waals surface area contributed by atoms with Crippen molar-refractivity contribution in [1.82, 2.24) is 9.80 Å². The molecule has 0 spiro atoms. The van der Waals surface area contributed by atoms with Crippen LogP contribution in [-0.4, -0.2) is 53.3 Å². The van der Waals surface area contributed by atoms with Crippen LogP contribution in [0.15, 0.2) is 53.0 Å². The standard InChI is InChI=1S/C25H28BrN3O4/c1-25(2,3)33-23(30)28-13-14-29(24(31)32-17-18-7-5-4-6-8-18)21(16-28)11-9-19-15-20(26)10-12-22(19)27/h4-8,10,12,15,21H,13-14,16-17,27H2,1-3H3. The normalized spacial score (nSPS) is 15.9. The van der Waals surface area contributed by atoms with Gasteiger partial charge >= 0.3 is 12.2 Å². The van der Waals surface area contributed by atoms with Crippen molar-refractivity contribution in [3.05, 3.63) is 64.1 Å². The van der Waals surface area contributed by atoms with Gasteiger partial charge in [-0.05, 0) is 44.5 Å². The van der Waals surface area contributed by atoms with Gasteiger partial charge in [-0.25, -0.2) is 9.59 Å². The quantitative estimate of drug-likeness (QED) is 0.466. The van der Waals surface area contributed by atoms with Crippen LogP contribution in [0, 0.1) is 11.8 Å². The van der Waals surface area contributed by atoms with Crippen molar-refractivity contribution in [2.24, 2.45) is 0 Å². The van der Waals surface area contributed by atoms with Crippen LogP contribution in [0.2, 0.25) is 0 Å². The third kappa shape index (κ3) is 7.16. The fraction of sp³-hybridized carbons (Fsp3) is 0.360. The number of hydrogen-bond donors (Lipinski definition) is 1. The molecule has 1 aliphatic rings. The van der Waals surface area contributed by atoms with Gasteiger partial charge < -0.3 is 20.1 Å². The van der Waals surface area contributed by atoms with Gasteiger partial charge in [0.15, 0.2) is 0 Å². The number of amides is 2. The van der Waals surface area contributed by atoms with E-state index in [2.05, 4.69) is 27.8 Å². The van der Waals surface area contributed by atoms with E-state index in [1.54, 1.807) is 15.9 Å². The minimum Gasteiger partial charge on any atom is -0.445 e. The lowest BCUT2D eigenvalue weighted by molar-refractivity contribution is 0.00708. The van der Waals surface area contributed by atoms with Crippen molar-refractivity contribution < 1.29 is 19.1 Å². The second kappa shape index (κ2) is 10.6. The Morgan fingerprint density at radius 2 is 1.85 bits per heavy atom. The molecule has 1 heterocycles. The second-order valence-electron chi connectivity index (χ2n) is 8.68. The molecule has 2 aromatic carbocycles. The van der Waals surface area contributed by atoms with Crippen molar-refractivity contribution in [2.75, 3.05) is 25.4 Å². The van der Waals surface area contributed by atoms with Gasteiger partial charge in [0.1, 0.15) is 18.2 Å². The molecule has 1 fully saturated rings. The second-order valence-corrected chi connectivity index (χ2v) is 9.59. The van der Waals surface area contributed by atoms with Crippen LogP contribution >= 0.6 is 15.9 Å². The maximum Gasteiger partial charge on any atom is 0.411 e. The minimum atomic E-state index is -0.616. The summed E-state index contributed by atoms with van der Waals surface area (Å²) < 4.78 is 11.9. The summed E-state index contributed by atoms with van der Waals surface area (Å²) in [6, 6.07) is 14.3. The molecule has 2 amide bonds. The van der Waals surface area contributed by atoms with E-state index in [0.29, 0.717) is 17.8 Å². The molecule has 0 aromatic heterocycles. The largest absolute Gasteiger partial charge is 0.445 e. The number of benzene rings is 2. The monoisotopic (exact) mass is 513 g/mol. The molecule has 1 atom stereocenters. The first-order chi connectivity index (χ1) is 15.6. The molecule has 7 nitrogen and oxygen atoms in total. The predicted octanol–water partition coefficient (Wildman–Crippen LogP) is 4.64. The fourth-order valence-electron chi connectivity index (χ4n) is 3.22. The number of ether oxygens (including phenoxy) is 2. The van der Waals surface area contributed by atoms with Crippen LogP contribution in [0.1, 0.15) is 31.9 Å². The number of nitrogens with zero attached hydrogens (tertiary/aromatic N) is 2. The third-order valence-electron chi connectivity index (χ3n) is 4.86. The summed E-state index contributed by atoms with van der Waals surface area (Å²) in [5, 5.41) is 0. The summed E-state index contributed by atoms with van der Waals surface area (Å²) in [6.07, 6.45) is -0.919. The average Bonchev–Trinajstić information content (AvgIpc) is 2.77. The summed E-state index contributed by atoms with van der Waals surface area (Å²) in [5.41, 5.74) is 7.49. The van der Waals surface area contributed by atoms with E-state index in [-0.39, 0.29) is 19.7 Å². The van der Waals surface area contributed by atoms with Crippen LogP contribution in [0.5, 0.6) is 0 Å². The van der Waals surface area contributed by atoms with Gasteiger partial charge in [-0.2, -0.15) is 0 Å². The maximum atomic E-state index is 12.9. The third-order valence-corrected chi connectivity index (χ3v) is 5.35. The number of carbonyl (C=O) groups excluding carboxylic acids is 2. The first-order valence-corrected chi connectivity index (χ1v) is 11.4. The van der Waals surface area contributed by atoms with E-state index >= 15 is 0 Å². The van der Waals surface area contributed by atoms with Gasteiger partial charge in [-0.3, -0.25) is 4.90 Å². The zero-order valence-corrected chi connectivity index (χ0v) is 20.6. The van der Waals surface area contributed by atoms with E-state index in [9.17, 15) is 9.59 Å². The summed E-state index contributed by atoms with van der Waals surface area (Å²) in [6.45, 7) is 6.41. The topological polar surface area (TPSA) is 85.1 Å². The first-order valence-electron chi connectivity index (χ1n) is 10.6. The zero-order chi connectivity index (χ0) is 24.0. The lowest BCUT2D eigenvalue weighted by Gasteiger charge is -2.38. The molecule has 1 saturated heterocycles. The lowest BCUT2D eigenvalue weighted by atomic mass is 10.1. The number of hydrogen-bond acceptors (Lipinski definition) is 5. The summed E-state index contributed by atoms with van der Waals surface area (Å²) in [5.74, 6) is 6.16. The molecule has 0 bridgehead atoms. The summed E-state index contributed by atoms with van der Waals surface area (Å²) >= 11 is 3.42. The van der Waals surface area contributed by atoms with Crippen molar-refractivity contribution in [3.8, 4) is 11.8 Å². The van der Waals surface area contributed by atoms with Crippen LogP contribution in [0.3, 0.4) is 0 Å². The lowest BCUT2D eigenvalue weighted by Crippen LogP contribution is -2.56. The molecule has 2 N–H and O–H groups in total. The Hall–Kier alpha value is -3.18. The van der Waals surface area contributed by atoms with Crippen LogP contribution in [0.4, 0.5) is 15.3 Å². The predicted molar refractivity (Wildman–Crippen MR) is 130 cm³/mol. The molecule has 3 rings (SSSR count). The summed E-state index contributed by atoms with van der Waals surface area (Å²) in [4.78, 5) is 28.6. The van der Waals surface area contributed by atoms with Crippen molar-refractivity contribution in [3.63, 3.8) is 0 Å². The highest BCUT2D eigenvalue weighted by Crippen LogP contribution is 2.19. The Bertz CT molecular complexity index is 1060. The molecule has 33 heavy (non-hydrogen) atoms. The van der Waals surface area contributed by atoms with Gasteiger partial charge in [0.2, 0.25) is 0 Å². The Morgan fingerprint density at radius 1 is 1.12 bits per heavy atom. The molecule has 8 heteroatoms. The molecule has 0 aliphatic carbocycles. The minimum absolute atomic E-state index is 0.157. The first kappa shape index (κ1) is 24.5. The number of anilines is 1. The highest BCUT2D eigenvalue weighted by atomic mass is 79.9. The van der Waals surface area contributed by atoms with Crippen molar-refractivity contribution in [2.45, 2.75) is 39.0 Å². The number of rotatable bonds is 2. The van der Waals surface area contributed by atoms with Crippen LogP contribution in [-0.2, 0) is 16.1 Å². The summed E-state index contributed by atoms with van der Waals surface area (Å²) in [7, 11) is 0.